The van der Waals surface area contributed by atoms with E-state index in [9.17, 15) is 0 Å². The van der Waals surface area contributed by atoms with Crippen LogP contribution in [-0.2, 0) is 0 Å². The lowest BCUT2D eigenvalue weighted by molar-refractivity contribution is 1.02. The van der Waals surface area contributed by atoms with Gasteiger partial charge in [-0.25, -0.2) is 0 Å². The summed E-state index contributed by atoms with van der Waals surface area (Å²) in [4.78, 5) is 0. The van der Waals surface area contributed by atoms with E-state index in [1.54, 1.807) is 5.31 Å². The first-order valence-corrected chi connectivity index (χ1v) is 9.39. The van der Waals surface area contributed by atoms with Crippen molar-refractivity contribution in [1.29, 1.82) is 0 Å². The first kappa shape index (κ1) is 13.3. The molecule has 0 N–H and O–H groups in total. The highest BCUT2D eigenvalue weighted by atomic mass is 31.2. The van der Waals surface area contributed by atoms with E-state index < -0.39 is 7.26 Å². The van der Waals surface area contributed by atoms with E-state index in [1.807, 2.05) is 0 Å². The Labute approximate surface area is 122 Å². The van der Waals surface area contributed by atoms with Crippen molar-refractivity contribution in [3.63, 3.8) is 0 Å². The molecule has 3 rings (SSSR count). The predicted molar refractivity (Wildman–Crippen MR) is 91.5 cm³/mol. The SMILES string of the molecule is C[P+](C1=CC=CCC1)(c1ccccc1)c1ccccc1. The molecule has 1 aliphatic rings. The zero-order chi connectivity index (χ0) is 13.8. The van der Waals surface area contributed by atoms with Gasteiger partial charge in [-0.15, -0.1) is 0 Å². The summed E-state index contributed by atoms with van der Waals surface area (Å²) < 4.78 is 0. The molecule has 0 saturated carbocycles. The maximum atomic E-state index is 2.46. The lowest BCUT2D eigenvalue weighted by Gasteiger charge is -2.26. The van der Waals surface area contributed by atoms with Crippen LogP contribution in [0.3, 0.4) is 0 Å². The van der Waals surface area contributed by atoms with E-state index in [0.717, 1.165) is 0 Å². The highest BCUT2D eigenvalue weighted by Crippen LogP contribution is 2.62. The van der Waals surface area contributed by atoms with E-state index in [0.29, 0.717) is 0 Å². The van der Waals surface area contributed by atoms with E-state index in [4.69, 9.17) is 0 Å². The molecule has 0 amide bonds. The van der Waals surface area contributed by atoms with Gasteiger partial charge in [0, 0.05) is 6.42 Å². The second-order valence-corrected chi connectivity index (χ2v) is 8.92. The Hall–Kier alpha value is -1.65. The standard InChI is InChI=1S/C19H20P/c1-20(17-11-5-2-6-12-17,18-13-7-3-8-14-18)19-15-9-4-10-16-19/h2-9,11-15H,10,16H2,1H3/q+1. The van der Waals surface area contributed by atoms with Gasteiger partial charge >= 0.3 is 0 Å². The van der Waals surface area contributed by atoms with Gasteiger partial charge in [-0.2, -0.15) is 0 Å². The van der Waals surface area contributed by atoms with Gasteiger partial charge in [-0.3, -0.25) is 0 Å². The largest absolute Gasteiger partial charge is 0.104 e. The maximum Gasteiger partial charge on any atom is 0.104 e. The van der Waals surface area contributed by atoms with Gasteiger partial charge in [-0.1, -0.05) is 48.6 Å². The summed E-state index contributed by atoms with van der Waals surface area (Å²) in [6.45, 7) is 2.46. The molecule has 0 unspecified atom stereocenters. The highest BCUT2D eigenvalue weighted by molar-refractivity contribution is 7.92. The van der Waals surface area contributed by atoms with Crippen LogP contribution >= 0.6 is 7.26 Å². The smallest absolute Gasteiger partial charge is 0.0839 e. The van der Waals surface area contributed by atoms with E-state index >= 15 is 0 Å². The van der Waals surface area contributed by atoms with Crippen molar-refractivity contribution in [3.8, 4) is 0 Å². The van der Waals surface area contributed by atoms with E-state index in [-0.39, 0.29) is 0 Å². The van der Waals surface area contributed by atoms with Gasteiger partial charge < -0.3 is 0 Å². The minimum absolute atomic E-state index is 1.17. The lowest BCUT2D eigenvalue weighted by Crippen LogP contribution is -2.23. The van der Waals surface area contributed by atoms with Gasteiger partial charge in [-0.05, 0) is 36.8 Å². The molecule has 0 aliphatic heterocycles. The summed E-state index contributed by atoms with van der Waals surface area (Å²) in [6, 6.07) is 22.0. The summed E-state index contributed by atoms with van der Waals surface area (Å²) in [6.07, 6.45) is 9.19. The minimum Gasteiger partial charge on any atom is -0.0839 e. The van der Waals surface area contributed by atoms with Crippen molar-refractivity contribution >= 4 is 17.9 Å². The second-order valence-electron chi connectivity index (χ2n) is 5.30. The molecule has 0 atom stereocenters. The summed E-state index contributed by atoms with van der Waals surface area (Å²) in [5, 5.41) is 4.57. The van der Waals surface area contributed by atoms with E-state index in [2.05, 4.69) is 85.6 Å². The summed E-state index contributed by atoms with van der Waals surface area (Å²) in [5.74, 6) is 0. The number of benzene rings is 2. The van der Waals surface area contributed by atoms with Crippen molar-refractivity contribution in [1.82, 2.24) is 0 Å². The zero-order valence-corrected chi connectivity index (χ0v) is 12.8. The topological polar surface area (TPSA) is 0 Å². The fourth-order valence-corrected chi connectivity index (χ4v) is 6.35. The Kier molecular flexibility index (Phi) is 3.85. The summed E-state index contributed by atoms with van der Waals surface area (Å²) >= 11 is 0. The predicted octanol–water partition coefficient (Wildman–Crippen LogP) is 4.52. The van der Waals surface area contributed by atoms with Crippen molar-refractivity contribution in [2.24, 2.45) is 0 Å². The van der Waals surface area contributed by atoms with Crippen molar-refractivity contribution in [2.75, 3.05) is 6.66 Å². The second kappa shape index (κ2) is 5.77. The lowest BCUT2D eigenvalue weighted by atomic mass is 10.2. The molecule has 2 aromatic carbocycles. The molecule has 0 saturated heterocycles. The van der Waals surface area contributed by atoms with Crippen LogP contribution in [0.5, 0.6) is 0 Å². The quantitative estimate of drug-likeness (QED) is 0.725. The molecule has 0 nitrogen and oxygen atoms in total. The zero-order valence-electron chi connectivity index (χ0n) is 11.9. The normalized spacial score (nSPS) is 14.9. The molecule has 0 heterocycles. The third-order valence-electron chi connectivity index (χ3n) is 4.11. The minimum atomic E-state index is -1.44. The van der Waals surface area contributed by atoms with Gasteiger partial charge in [0.2, 0.25) is 0 Å². The molecular formula is C19H20P+. The van der Waals surface area contributed by atoms with Crippen molar-refractivity contribution in [3.05, 3.63) is 84.2 Å². The number of hydrogen-bond acceptors (Lipinski definition) is 0. The van der Waals surface area contributed by atoms with Crippen LogP contribution in [0.15, 0.2) is 84.2 Å². The van der Waals surface area contributed by atoms with Crippen LogP contribution in [0, 0.1) is 0 Å². The maximum absolute atomic E-state index is 2.46. The van der Waals surface area contributed by atoms with Gasteiger partial charge in [0.25, 0.3) is 0 Å². The van der Waals surface area contributed by atoms with Gasteiger partial charge in [0.15, 0.2) is 0 Å². The number of hydrogen-bond donors (Lipinski definition) is 0. The molecule has 0 bridgehead atoms. The van der Waals surface area contributed by atoms with Crippen LogP contribution in [0.4, 0.5) is 0 Å². The molecule has 2 aromatic rings. The third kappa shape index (κ3) is 2.37. The van der Waals surface area contributed by atoms with Crippen LogP contribution in [0.2, 0.25) is 0 Å². The Balaban J connectivity index is 2.18. The summed E-state index contributed by atoms with van der Waals surface area (Å²) in [7, 11) is -1.44. The van der Waals surface area contributed by atoms with Crippen LogP contribution in [0.25, 0.3) is 0 Å². The fraction of sp³-hybridized carbons (Fsp3) is 0.158. The number of allylic oxidation sites excluding steroid dienone is 4. The molecule has 20 heavy (non-hydrogen) atoms. The van der Waals surface area contributed by atoms with Crippen LogP contribution in [0.1, 0.15) is 12.8 Å². The molecule has 1 aliphatic carbocycles. The Morgan fingerprint density at radius 2 is 1.35 bits per heavy atom. The average molecular weight is 279 g/mol. The first-order valence-electron chi connectivity index (χ1n) is 7.16. The summed E-state index contributed by atoms with van der Waals surface area (Å²) in [5.41, 5.74) is 0. The van der Waals surface area contributed by atoms with Crippen molar-refractivity contribution < 1.29 is 0 Å². The average Bonchev–Trinajstić information content (AvgIpc) is 2.56. The fourth-order valence-electron chi connectivity index (χ4n) is 2.90. The first-order chi connectivity index (χ1) is 9.82. The van der Waals surface area contributed by atoms with Gasteiger partial charge in [0.05, 0.1) is 12.0 Å². The van der Waals surface area contributed by atoms with Gasteiger partial charge in [0.1, 0.15) is 17.9 Å². The molecule has 0 spiro atoms. The molecular weight excluding hydrogens is 259 g/mol. The van der Waals surface area contributed by atoms with Crippen LogP contribution < -0.4 is 10.6 Å². The van der Waals surface area contributed by atoms with Crippen LogP contribution in [-0.4, -0.2) is 6.66 Å². The monoisotopic (exact) mass is 279 g/mol. The Morgan fingerprint density at radius 1 is 0.800 bits per heavy atom. The Morgan fingerprint density at radius 3 is 1.80 bits per heavy atom. The van der Waals surface area contributed by atoms with E-state index in [1.165, 1.54) is 23.5 Å². The third-order valence-corrected chi connectivity index (χ3v) is 8.29. The molecule has 100 valence electrons. The Bertz CT molecular complexity index is 584. The van der Waals surface area contributed by atoms with Crippen molar-refractivity contribution in [2.45, 2.75) is 12.8 Å². The highest BCUT2D eigenvalue weighted by Gasteiger charge is 2.41. The number of rotatable bonds is 3. The molecule has 0 aromatic heterocycles. The molecule has 0 radical (unpaired) electrons. The molecule has 1 heteroatoms. The molecule has 0 fully saturated rings.